The minimum Gasteiger partial charge on any atom is -0.226 e. The summed E-state index contributed by atoms with van der Waals surface area (Å²) in [4.78, 5) is 1.46. The van der Waals surface area contributed by atoms with Crippen LogP contribution >= 0.6 is 10.9 Å². The molecule has 2 aromatic rings. The van der Waals surface area contributed by atoms with Gasteiger partial charge < -0.3 is 0 Å². The lowest BCUT2D eigenvalue weighted by Crippen LogP contribution is -1.88. The molecule has 0 aromatic heterocycles. The third kappa shape index (κ3) is 2.41. The van der Waals surface area contributed by atoms with Gasteiger partial charge in [0.05, 0.1) is 0 Å². The average molecular weight is 231 g/mol. The summed E-state index contributed by atoms with van der Waals surface area (Å²) in [5.74, 6) is 1.25. The predicted octanol–water partition coefficient (Wildman–Crippen LogP) is 4.79. The summed E-state index contributed by atoms with van der Waals surface area (Å²) >= 11 is 0. The van der Waals surface area contributed by atoms with Crippen molar-refractivity contribution in [1.29, 1.82) is 0 Å². The molecule has 1 unspecified atom stereocenters. The van der Waals surface area contributed by atoms with E-state index in [9.17, 15) is 0 Å². The molecule has 0 amide bonds. The third-order valence-corrected chi connectivity index (χ3v) is 4.82. The lowest BCUT2D eigenvalue weighted by molar-refractivity contribution is 0.895. The van der Waals surface area contributed by atoms with Crippen molar-refractivity contribution in [2.45, 2.75) is 24.7 Å². The maximum absolute atomic E-state index is 4.36. The van der Waals surface area contributed by atoms with Crippen LogP contribution in [0.1, 0.15) is 19.8 Å². The first kappa shape index (κ1) is 11.5. The summed E-state index contributed by atoms with van der Waals surface area (Å²) in [5.41, 5.74) is 0. The van der Waals surface area contributed by atoms with E-state index in [1.807, 2.05) is 0 Å². The lowest BCUT2D eigenvalue weighted by atomic mass is 10.1. The van der Waals surface area contributed by atoms with Crippen LogP contribution in [0.15, 0.2) is 47.4 Å². The number of rotatable bonds is 4. The van der Waals surface area contributed by atoms with E-state index in [0.717, 1.165) is 0 Å². The Morgan fingerprint density at radius 1 is 1.06 bits per heavy atom. The molecule has 0 aliphatic rings. The highest BCUT2D eigenvalue weighted by Crippen LogP contribution is 2.39. The highest BCUT2D eigenvalue weighted by Gasteiger charge is 2.04. The first-order valence-electron chi connectivity index (χ1n) is 5.88. The monoisotopic (exact) mass is 231 g/mol. The first-order valence-corrected chi connectivity index (χ1v) is 7.60. The molecule has 0 aliphatic heterocycles. The van der Waals surface area contributed by atoms with Crippen LogP contribution in [0.3, 0.4) is 0 Å². The van der Waals surface area contributed by atoms with Gasteiger partial charge in [-0.15, -0.1) is 0 Å². The Bertz CT molecular complexity index is 456. The molecule has 0 bridgehead atoms. The molecule has 1 heteroatoms. The minimum absolute atomic E-state index is 0.231. The second kappa shape index (κ2) is 5.40. The Balaban J connectivity index is 2.36. The smallest absolute Gasteiger partial charge is 0.00460 e. The van der Waals surface area contributed by atoms with Crippen LogP contribution in [-0.2, 0) is 0 Å². The summed E-state index contributed by atoms with van der Waals surface area (Å²) in [6.07, 6.45) is 6.91. The molecule has 1 atom stereocenters. The van der Waals surface area contributed by atoms with Crippen LogP contribution in [0.5, 0.6) is 0 Å². The molecule has 1 radical (unpaired) electrons. The Hall–Kier alpha value is -0.950. The molecule has 0 spiro atoms. The largest absolute Gasteiger partial charge is 0.226 e. The third-order valence-electron chi connectivity index (χ3n) is 2.89. The molecule has 16 heavy (non-hydrogen) atoms. The Morgan fingerprint density at radius 3 is 2.62 bits per heavy atom. The van der Waals surface area contributed by atoms with E-state index in [2.05, 4.69) is 55.6 Å². The maximum atomic E-state index is 4.36. The van der Waals surface area contributed by atoms with E-state index in [1.165, 1.54) is 34.3 Å². The van der Waals surface area contributed by atoms with Crippen LogP contribution in [0.25, 0.3) is 10.8 Å². The highest BCUT2D eigenvalue weighted by atomic mass is 32.2. The van der Waals surface area contributed by atoms with E-state index in [-0.39, 0.29) is 10.9 Å². The maximum Gasteiger partial charge on any atom is -0.00460 e. The van der Waals surface area contributed by atoms with Gasteiger partial charge in [0.25, 0.3) is 0 Å². The summed E-state index contributed by atoms with van der Waals surface area (Å²) in [7, 11) is -0.231. The molecule has 0 heterocycles. The van der Waals surface area contributed by atoms with E-state index in [1.54, 1.807) is 0 Å². The van der Waals surface area contributed by atoms with Crippen molar-refractivity contribution in [3.63, 3.8) is 0 Å². The van der Waals surface area contributed by atoms with Gasteiger partial charge >= 0.3 is 0 Å². The molecule has 0 aliphatic carbocycles. The van der Waals surface area contributed by atoms with Crippen LogP contribution in [-0.4, -0.2) is 5.75 Å². The molecule has 0 fully saturated rings. The summed E-state index contributed by atoms with van der Waals surface area (Å²) in [5, 5.41) is 2.73. The van der Waals surface area contributed by atoms with Crippen molar-refractivity contribution < 1.29 is 0 Å². The number of hydrogen-bond donors (Lipinski definition) is 1. The second-order valence-electron chi connectivity index (χ2n) is 4.12. The Morgan fingerprint density at radius 2 is 1.81 bits per heavy atom. The Labute approximate surface area is 101 Å². The molecular formula is C15H19S. The van der Waals surface area contributed by atoms with Gasteiger partial charge in [0.15, 0.2) is 0 Å². The van der Waals surface area contributed by atoms with E-state index in [4.69, 9.17) is 0 Å². The van der Waals surface area contributed by atoms with Gasteiger partial charge in [-0.3, -0.25) is 0 Å². The van der Waals surface area contributed by atoms with Gasteiger partial charge in [0.1, 0.15) is 0 Å². The number of unbranched alkanes of at least 4 members (excludes halogenated alkanes) is 1. The van der Waals surface area contributed by atoms with Gasteiger partial charge in [-0.2, -0.15) is 0 Å². The fourth-order valence-electron chi connectivity index (χ4n) is 1.95. The van der Waals surface area contributed by atoms with Crippen LogP contribution < -0.4 is 0 Å². The number of hydrogen-bond acceptors (Lipinski definition) is 0. The standard InChI is InChI=1S/C15H19S/c1-3-4-12-16(2)15-11-7-9-13-8-5-6-10-14(13)15/h5-11,16H,2-4,12H2,1H3. The topological polar surface area (TPSA) is 0 Å². The highest BCUT2D eigenvalue weighted by molar-refractivity contribution is 8.18. The zero-order valence-corrected chi connectivity index (χ0v) is 10.7. The molecular weight excluding hydrogens is 212 g/mol. The van der Waals surface area contributed by atoms with Crippen LogP contribution in [0, 0.1) is 6.26 Å². The van der Waals surface area contributed by atoms with Gasteiger partial charge in [-0.1, -0.05) is 49.7 Å². The zero-order chi connectivity index (χ0) is 11.4. The summed E-state index contributed by atoms with van der Waals surface area (Å²) < 4.78 is 0. The number of benzene rings is 2. The molecule has 2 aromatic carbocycles. The van der Waals surface area contributed by atoms with Gasteiger partial charge in [-0.25, -0.2) is 10.9 Å². The summed E-state index contributed by atoms with van der Waals surface area (Å²) in [6.45, 7) is 2.24. The average Bonchev–Trinajstić information content (AvgIpc) is 2.35. The fraction of sp³-hybridized carbons (Fsp3) is 0.267. The van der Waals surface area contributed by atoms with Gasteiger partial charge in [-0.05, 0) is 40.2 Å². The normalized spacial score (nSPS) is 14.0. The fourth-order valence-corrected chi connectivity index (χ4v) is 3.73. The zero-order valence-electron chi connectivity index (χ0n) is 9.82. The van der Waals surface area contributed by atoms with E-state index in [0.29, 0.717) is 0 Å². The number of thiol groups is 1. The molecule has 2 rings (SSSR count). The predicted molar refractivity (Wildman–Crippen MR) is 76.3 cm³/mol. The lowest BCUT2D eigenvalue weighted by Gasteiger charge is -2.18. The molecule has 0 saturated heterocycles. The van der Waals surface area contributed by atoms with Crippen LogP contribution in [0.4, 0.5) is 0 Å². The van der Waals surface area contributed by atoms with Crippen molar-refractivity contribution in [1.82, 2.24) is 0 Å². The molecule has 0 saturated carbocycles. The molecule has 85 valence electrons. The molecule has 0 nitrogen and oxygen atoms in total. The Kier molecular flexibility index (Phi) is 3.89. The summed E-state index contributed by atoms with van der Waals surface area (Å²) in [6, 6.07) is 15.2. The second-order valence-corrected chi connectivity index (χ2v) is 6.12. The molecule has 0 N–H and O–H groups in total. The van der Waals surface area contributed by atoms with Gasteiger partial charge in [0.2, 0.25) is 0 Å². The first-order chi connectivity index (χ1) is 7.83. The van der Waals surface area contributed by atoms with Crippen molar-refractivity contribution in [2.75, 3.05) is 5.75 Å². The van der Waals surface area contributed by atoms with E-state index < -0.39 is 0 Å². The number of fused-ring (bicyclic) bond motifs is 1. The minimum atomic E-state index is -0.231. The SMILES string of the molecule is [CH2][SH](CCCC)c1cccc2ccccc12. The van der Waals surface area contributed by atoms with Crippen molar-refractivity contribution >= 4 is 21.7 Å². The van der Waals surface area contributed by atoms with Crippen molar-refractivity contribution in [3.8, 4) is 0 Å². The van der Waals surface area contributed by atoms with Crippen LogP contribution in [0.2, 0.25) is 0 Å². The van der Waals surface area contributed by atoms with Gasteiger partial charge in [0, 0.05) is 0 Å². The van der Waals surface area contributed by atoms with Crippen molar-refractivity contribution in [3.05, 3.63) is 48.7 Å². The van der Waals surface area contributed by atoms with E-state index >= 15 is 0 Å². The van der Waals surface area contributed by atoms with Crippen molar-refractivity contribution in [2.24, 2.45) is 0 Å². The quantitative estimate of drug-likeness (QED) is 0.718.